The summed E-state index contributed by atoms with van der Waals surface area (Å²) in [6.07, 6.45) is 0.709. The van der Waals surface area contributed by atoms with Crippen LogP contribution < -0.4 is 11.1 Å². The Balaban J connectivity index is 2.47. The topological polar surface area (TPSA) is 55.1 Å². The fraction of sp³-hybridized carbons (Fsp3) is 0.364. The first-order valence-corrected chi connectivity index (χ1v) is 4.89. The summed E-state index contributed by atoms with van der Waals surface area (Å²) in [6.45, 7) is 2.38. The number of nitrogens with two attached hydrogens (primary N) is 1. The first kappa shape index (κ1) is 11.7. The van der Waals surface area contributed by atoms with Gasteiger partial charge in [0.2, 0.25) is 0 Å². The maximum Gasteiger partial charge on any atom is 0.251 e. The van der Waals surface area contributed by atoms with E-state index in [4.69, 9.17) is 5.73 Å². The second-order valence-corrected chi connectivity index (χ2v) is 3.53. The molecule has 82 valence electrons. The van der Waals surface area contributed by atoms with Crippen LogP contribution in [0.3, 0.4) is 0 Å². The number of carbonyl (C=O) groups excluding carboxylic acids is 1. The molecule has 4 heteroatoms. The summed E-state index contributed by atoms with van der Waals surface area (Å²) < 4.78 is 12.8. The van der Waals surface area contributed by atoms with Crippen LogP contribution in [0.2, 0.25) is 0 Å². The number of rotatable bonds is 4. The molecule has 3 N–H and O–H groups in total. The van der Waals surface area contributed by atoms with Crippen LogP contribution in [0.1, 0.15) is 23.7 Å². The Labute approximate surface area is 88.5 Å². The van der Waals surface area contributed by atoms with Gasteiger partial charge in [0.15, 0.2) is 0 Å². The maximum absolute atomic E-state index is 12.8. The average molecular weight is 210 g/mol. The molecule has 1 atom stereocenters. The molecule has 0 saturated carbocycles. The van der Waals surface area contributed by atoms with Crippen LogP contribution in [0.15, 0.2) is 24.3 Å². The van der Waals surface area contributed by atoms with Crippen molar-refractivity contribution in [3.63, 3.8) is 0 Å². The van der Waals surface area contributed by atoms with Gasteiger partial charge in [0.05, 0.1) is 0 Å². The van der Waals surface area contributed by atoms with E-state index in [-0.39, 0.29) is 11.9 Å². The molecule has 0 aliphatic carbocycles. The number of halogens is 1. The Morgan fingerprint density at radius 1 is 1.60 bits per heavy atom. The SMILES string of the molecule is CC(N)CCNC(=O)c1cccc(F)c1. The van der Waals surface area contributed by atoms with E-state index in [9.17, 15) is 9.18 Å². The summed E-state index contributed by atoms with van der Waals surface area (Å²) in [5.41, 5.74) is 5.86. The van der Waals surface area contributed by atoms with Crippen molar-refractivity contribution < 1.29 is 9.18 Å². The highest BCUT2D eigenvalue weighted by atomic mass is 19.1. The van der Waals surface area contributed by atoms with E-state index >= 15 is 0 Å². The number of nitrogens with one attached hydrogen (secondary N) is 1. The van der Waals surface area contributed by atoms with Gasteiger partial charge in [-0.25, -0.2) is 4.39 Å². The Bertz CT molecular complexity index is 339. The minimum Gasteiger partial charge on any atom is -0.352 e. The summed E-state index contributed by atoms with van der Waals surface area (Å²) >= 11 is 0. The lowest BCUT2D eigenvalue weighted by Crippen LogP contribution is -2.28. The molecule has 15 heavy (non-hydrogen) atoms. The quantitative estimate of drug-likeness (QED) is 0.786. The highest BCUT2D eigenvalue weighted by Crippen LogP contribution is 2.02. The molecule has 3 nitrogen and oxygen atoms in total. The molecule has 1 amide bonds. The lowest BCUT2D eigenvalue weighted by Gasteiger charge is -2.07. The van der Waals surface area contributed by atoms with E-state index < -0.39 is 5.82 Å². The molecular formula is C11H15FN2O. The van der Waals surface area contributed by atoms with E-state index in [2.05, 4.69) is 5.32 Å². The van der Waals surface area contributed by atoms with Gasteiger partial charge in [-0.3, -0.25) is 4.79 Å². The number of amides is 1. The zero-order valence-electron chi connectivity index (χ0n) is 8.66. The van der Waals surface area contributed by atoms with Crippen molar-refractivity contribution in [2.75, 3.05) is 6.54 Å². The van der Waals surface area contributed by atoms with Crippen molar-refractivity contribution in [3.05, 3.63) is 35.6 Å². The van der Waals surface area contributed by atoms with E-state index in [0.29, 0.717) is 18.5 Å². The molecule has 1 aromatic rings. The molecule has 0 aliphatic rings. The maximum atomic E-state index is 12.8. The average Bonchev–Trinajstić information content (AvgIpc) is 2.17. The minimum absolute atomic E-state index is 0.0535. The van der Waals surface area contributed by atoms with Crippen molar-refractivity contribution in [1.29, 1.82) is 0 Å². The largest absolute Gasteiger partial charge is 0.352 e. The fourth-order valence-electron chi connectivity index (χ4n) is 1.15. The summed E-state index contributed by atoms with van der Waals surface area (Å²) in [5.74, 6) is -0.676. The van der Waals surface area contributed by atoms with Crippen molar-refractivity contribution in [1.82, 2.24) is 5.32 Å². The van der Waals surface area contributed by atoms with Crippen LogP contribution in [-0.2, 0) is 0 Å². The fourth-order valence-corrected chi connectivity index (χ4v) is 1.15. The van der Waals surface area contributed by atoms with Crippen LogP contribution >= 0.6 is 0 Å². The number of hydrogen-bond acceptors (Lipinski definition) is 2. The Morgan fingerprint density at radius 2 is 2.33 bits per heavy atom. The predicted molar refractivity (Wildman–Crippen MR) is 57.0 cm³/mol. The highest BCUT2D eigenvalue weighted by molar-refractivity contribution is 5.94. The first-order valence-electron chi connectivity index (χ1n) is 4.89. The van der Waals surface area contributed by atoms with Gasteiger partial charge in [0.25, 0.3) is 5.91 Å². The van der Waals surface area contributed by atoms with Gasteiger partial charge < -0.3 is 11.1 Å². The van der Waals surface area contributed by atoms with Gasteiger partial charge in [-0.1, -0.05) is 6.07 Å². The Morgan fingerprint density at radius 3 is 2.93 bits per heavy atom. The van der Waals surface area contributed by atoms with E-state index in [1.54, 1.807) is 6.07 Å². The van der Waals surface area contributed by atoms with Crippen molar-refractivity contribution in [2.45, 2.75) is 19.4 Å². The molecule has 1 unspecified atom stereocenters. The second-order valence-electron chi connectivity index (χ2n) is 3.53. The highest BCUT2D eigenvalue weighted by Gasteiger charge is 2.05. The molecule has 0 aliphatic heterocycles. The van der Waals surface area contributed by atoms with Crippen LogP contribution in [0.25, 0.3) is 0 Å². The van der Waals surface area contributed by atoms with Crippen molar-refractivity contribution in [3.8, 4) is 0 Å². The summed E-state index contributed by atoms with van der Waals surface area (Å²) in [5, 5.41) is 2.67. The molecule has 0 radical (unpaired) electrons. The third-order valence-electron chi connectivity index (χ3n) is 1.97. The smallest absolute Gasteiger partial charge is 0.251 e. The van der Waals surface area contributed by atoms with E-state index in [1.165, 1.54) is 18.2 Å². The van der Waals surface area contributed by atoms with Gasteiger partial charge in [0.1, 0.15) is 5.82 Å². The molecule has 1 aromatic carbocycles. The summed E-state index contributed by atoms with van der Waals surface area (Å²) in [7, 11) is 0. The molecule has 0 heterocycles. The molecule has 1 rings (SSSR count). The Kier molecular flexibility index (Phi) is 4.24. The monoisotopic (exact) mass is 210 g/mol. The van der Waals surface area contributed by atoms with Crippen LogP contribution in [-0.4, -0.2) is 18.5 Å². The Hall–Kier alpha value is -1.42. The van der Waals surface area contributed by atoms with Gasteiger partial charge in [-0.2, -0.15) is 0 Å². The van der Waals surface area contributed by atoms with Gasteiger partial charge in [-0.15, -0.1) is 0 Å². The number of benzene rings is 1. The van der Waals surface area contributed by atoms with Crippen LogP contribution in [0.5, 0.6) is 0 Å². The van der Waals surface area contributed by atoms with Crippen molar-refractivity contribution >= 4 is 5.91 Å². The van der Waals surface area contributed by atoms with Crippen LogP contribution in [0, 0.1) is 5.82 Å². The lowest BCUT2D eigenvalue weighted by atomic mass is 10.2. The van der Waals surface area contributed by atoms with Gasteiger partial charge >= 0.3 is 0 Å². The summed E-state index contributed by atoms with van der Waals surface area (Å²) in [6, 6.07) is 5.65. The van der Waals surface area contributed by atoms with Crippen molar-refractivity contribution in [2.24, 2.45) is 5.73 Å². The molecule has 0 bridgehead atoms. The number of hydrogen-bond donors (Lipinski definition) is 2. The normalized spacial score (nSPS) is 12.2. The standard InChI is InChI=1S/C11H15FN2O/c1-8(13)5-6-14-11(15)9-3-2-4-10(12)7-9/h2-4,7-8H,5-6,13H2,1H3,(H,14,15). The first-order chi connectivity index (χ1) is 7.09. The predicted octanol–water partition coefficient (Wildman–Crippen LogP) is 1.29. The second kappa shape index (κ2) is 5.46. The minimum atomic E-state index is -0.408. The number of carbonyl (C=O) groups is 1. The zero-order chi connectivity index (χ0) is 11.3. The molecular weight excluding hydrogens is 195 g/mol. The zero-order valence-corrected chi connectivity index (χ0v) is 8.66. The molecule has 0 saturated heterocycles. The van der Waals surface area contributed by atoms with E-state index in [0.717, 1.165) is 0 Å². The third-order valence-corrected chi connectivity index (χ3v) is 1.97. The van der Waals surface area contributed by atoms with Gasteiger partial charge in [-0.05, 0) is 31.5 Å². The summed E-state index contributed by atoms with van der Waals surface area (Å²) in [4.78, 5) is 11.5. The molecule has 0 fully saturated rings. The third kappa shape index (κ3) is 4.08. The molecule has 0 spiro atoms. The van der Waals surface area contributed by atoms with E-state index in [1.807, 2.05) is 6.92 Å². The molecule has 0 aromatic heterocycles. The van der Waals surface area contributed by atoms with Crippen LogP contribution in [0.4, 0.5) is 4.39 Å². The van der Waals surface area contributed by atoms with Gasteiger partial charge in [0, 0.05) is 18.2 Å². The lowest BCUT2D eigenvalue weighted by molar-refractivity contribution is 0.0952.